The molecule has 0 aromatic rings. The van der Waals surface area contributed by atoms with Crippen molar-refractivity contribution >= 4 is 5.91 Å². The summed E-state index contributed by atoms with van der Waals surface area (Å²) in [6.07, 6.45) is 2.97. The first-order valence-corrected chi connectivity index (χ1v) is 6.30. The van der Waals surface area contributed by atoms with Crippen LogP contribution in [-0.4, -0.2) is 37.2 Å². The van der Waals surface area contributed by atoms with Crippen LogP contribution in [-0.2, 0) is 9.53 Å². The Morgan fingerprint density at radius 3 is 2.88 bits per heavy atom. The molecule has 1 saturated heterocycles. The summed E-state index contributed by atoms with van der Waals surface area (Å²) in [5.41, 5.74) is 0. The number of ether oxygens (including phenoxy) is 1. The van der Waals surface area contributed by atoms with E-state index >= 15 is 0 Å². The molecule has 0 bridgehead atoms. The summed E-state index contributed by atoms with van der Waals surface area (Å²) in [7, 11) is 0. The molecule has 0 radical (unpaired) electrons. The normalized spacial score (nSPS) is 24.8. The monoisotopic (exact) mass is 228 g/mol. The van der Waals surface area contributed by atoms with Gasteiger partial charge in [-0.2, -0.15) is 0 Å². The molecule has 1 rings (SSSR count). The van der Waals surface area contributed by atoms with Crippen LogP contribution in [0.3, 0.4) is 0 Å². The maximum absolute atomic E-state index is 11.7. The highest BCUT2D eigenvalue weighted by atomic mass is 16.5. The summed E-state index contributed by atoms with van der Waals surface area (Å²) in [6.45, 7) is 7.81. The summed E-state index contributed by atoms with van der Waals surface area (Å²) in [4.78, 5) is 11.7. The molecule has 2 N–H and O–H groups in total. The van der Waals surface area contributed by atoms with E-state index in [4.69, 9.17) is 4.74 Å². The van der Waals surface area contributed by atoms with Gasteiger partial charge in [0.1, 0.15) is 6.10 Å². The summed E-state index contributed by atoms with van der Waals surface area (Å²) < 4.78 is 5.72. The minimum absolute atomic E-state index is 0.0000709. The van der Waals surface area contributed by atoms with Crippen molar-refractivity contribution in [2.45, 2.75) is 58.3 Å². The van der Waals surface area contributed by atoms with Crippen molar-refractivity contribution in [1.29, 1.82) is 0 Å². The number of carbonyl (C=O) groups is 1. The molecule has 0 aromatic carbocycles. The van der Waals surface area contributed by atoms with Gasteiger partial charge >= 0.3 is 0 Å². The first kappa shape index (κ1) is 13.5. The molecule has 2 unspecified atom stereocenters. The minimum atomic E-state index is -0.348. The zero-order chi connectivity index (χ0) is 12.0. The lowest BCUT2D eigenvalue weighted by molar-refractivity contribution is -0.136. The lowest BCUT2D eigenvalue weighted by Crippen LogP contribution is -2.44. The molecule has 1 amide bonds. The smallest absolute Gasteiger partial charge is 0.249 e. The Morgan fingerprint density at radius 1 is 1.56 bits per heavy atom. The quantitative estimate of drug-likeness (QED) is 0.739. The zero-order valence-electron chi connectivity index (χ0n) is 10.6. The molecular formula is C12H24N2O2. The number of hydrogen-bond donors (Lipinski definition) is 2. The first-order valence-electron chi connectivity index (χ1n) is 6.30. The van der Waals surface area contributed by atoms with Crippen LogP contribution in [0.2, 0.25) is 0 Å². The van der Waals surface area contributed by atoms with Gasteiger partial charge in [-0.05, 0) is 39.7 Å². The van der Waals surface area contributed by atoms with E-state index in [2.05, 4.69) is 17.6 Å². The summed E-state index contributed by atoms with van der Waals surface area (Å²) in [6, 6.07) is 0.225. The molecule has 94 valence electrons. The van der Waals surface area contributed by atoms with Crippen molar-refractivity contribution in [2.24, 2.45) is 0 Å². The molecule has 1 aliphatic rings. The van der Waals surface area contributed by atoms with E-state index in [9.17, 15) is 4.79 Å². The third kappa shape index (κ3) is 4.49. The van der Waals surface area contributed by atoms with E-state index < -0.39 is 0 Å². The van der Waals surface area contributed by atoms with Gasteiger partial charge in [-0.25, -0.2) is 0 Å². The van der Waals surface area contributed by atoms with Gasteiger partial charge in [0.05, 0.1) is 6.10 Å². The Hall–Kier alpha value is -0.610. The first-order chi connectivity index (χ1) is 7.63. The molecule has 3 atom stereocenters. The molecule has 1 heterocycles. The summed E-state index contributed by atoms with van der Waals surface area (Å²) >= 11 is 0. The van der Waals surface area contributed by atoms with Gasteiger partial charge in [0, 0.05) is 12.6 Å². The lowest BCUT2D eigenvalue weighted by Gasteiger charge is -2.26. The Kier molecular flexibility index (Phi) is 5.77. The maximum atomic E-state index is 11.7. The van der Waals surface area contributed by atoms with Gasteiger partial charge in [0.15, 0.2) is 0 Å². The largest absolute Gasteiger partial charge is 0.364 e. The average molecular weight is 228 g/mol. The fourth-order valence-corrected chi connectivity index (χ4v) is 1.75. The molecule has 0 aliphatic carbocycles. The van der Waals surface area contributed by atoms with Crippen molar-refractivity contribution in [1.82, 2.24) is 10.6 Å². The van der Waals surface area contributed by atoms with Crippen LogP contribution < -0.4 is 10.6 Å². The molecule has 0 saturated carbocycles. The third-order valence-electron chi connectivity index (χ3n) is 3.02. The topological polar surface area (TPSA) is 50.4 Å². The fourth-order valence-electron chi connectivity index (χ4n) is 1.75. The number of amides is 1. The number of nitrogens with one attached hydrogen (secondary N) is 2. The molecular weight excluding hydrogens is 204 g/mol. The third-order valence-corrected chi connectivity index (χ3v) is 3.02. The molecule has 1 fully saturated rings. The standard InChI is InChI=1S/C12H24N2O2/c1-4-9(2)14-12(15)10(3)16-11-6-5-7-13-8-11/h9-11,13H,4-8H2,1-3H3,(H,14,15)/t9?,10?,11-/m0/s1. The number of carbonyl (C=O) groups excluding carboxylic acids is 1. The van der Waals surface area contributed by atoms with Crippen molar-refractivity contribution in [2.75, 3.05) is 13.1 Å². The van der Waals surface area contributed by atoms with Gasteiger partial charge in [0.2, 0.25) is 5.91 Å². The van der Waals surface area contributed by atoms with Gasteiger partial charge in [0.25, 0.3) is 0 Å². The average Bonchev–Trinajstić information content (AvgIpc) is 2.30. The van der Waals surface area contributed by atoms with E-state index in [-0.39, 0.29) is 24.2 Å². The Labute approximate surface area is 98.1 Å². The second-order valence-corrected chi connectivity index (χ2v) is 4.56. The lowest BCUT2D eigenvalue weighted by atomic mass is 10.1. The van der Waals surface area contributed by atoms with E-state index in [1.54, 1.807) is 0 Å². The molecule has 4 heteroatoms. The second-order valence-electron chi connectivity index (χ2n) is 4.56. The van der Waals surface area contributed by atoms with Crippen LogP contribution in [0.15, 0.2) is 0 Å². The van der Waals surface area contributed by atoms with Crippen molar-refractivity contribution in [3.8, 4) is 0 Å². The van der Waals surface area contributed by atoms with Crippen LogP contribution in [0, 0.1) is 0 Å². The molecule has 1 aliphatic heterocycles. The van der Waals surface area contributed by atoms with Gasteiger partial charge < -0.3 is 15.4 Å². The van der Waals surface area contributed by atoms with E-state index in [1.165, 1.54) is 0 Å². The van der Waals surface area contributed by atoms with Crippen LogP contribution >= 0.6 is 0 Å². The second kappa shape index (κ2) is 6.86. The predicted molar refractivity (Wildman–Crippen MR) is 64.3 cm³/mol. The highest BCUT2D eigenvalue weighted by Crippen LogP contribution is 2.09. The SMILES string of the molecule is CCC(C)NC(=O)C(C)O[C@H]1CCCNC1. The predicted octanol–water partition coefficient (Wildman–Crippen LogP) is 1.06. The Morgan fingerprint density at radius 2 is 2.31 bits per heavy atom. The minimum Gasteiger partial charge on any atom is -0.364 e. The van der Waals surface area contributed by atoms with Crippen molar-refractivity contribution in [3.63, 3.8) is 0 Å². The van der Waals surface area contributed by atoms with Crippen molar-refractivity contribution < 1.29 is 9.53 Å². The van der Waals surface area contributed by atoms with Gasteiger partial charge in [-0.15, -0.1) is 0 Å². The van der Waals surface area contributed by atoms with E-state index in [0.717, 1.165) is 32.4 Å². The van der Waals surface area contributed by atoms with Crippen LogP contribution in [0.4, 0.5) is 0 Å². The summed E-state index contributed by atoms with van der Waals surface area (Å²) in [5.74, 6) is -0.0000709. The van der Waals surface area contributed by atoms with Gasteiger partial charge in [-0.3, -0.25) is 4.79 Å². The maximum Gasteiger partial charge on any atom is 0.249 e. The van der Waals surface area contributed by atoms with Gasteiger partial charge in [-0.1, -0.05) is 6.92 Å². The van der Waals surface area contributed by atoms with E-state index in [1.807, 2.05) is 13.8 Å². The summed E-state index contributed by atoms with van der Waals surface area (Å²) in [5, 5.41) is 6.21. The van der Waals surface area contributed by atoms with Crippen LogP contribution in [0.25, 0.3) is 0 Å². The fraction of sp³-hybridized carbons (Fsp3) is 0.917. The highest BCUT2D eigenvalue weighted by molar-refractivity contribution is 5.80. The molecule has 0 aromatic heterocycles. The Bertz CT molecular complexity index is 215. The molecule has 16 heavy (non-hydrogen) atoms. The molecule has 0 spiro atoms. The zero-order valence-corrected chi connectivity index (χ0v) is 10.6. The van der Waals surface area contributed by atoms with Crippen LogP contribution in [0.5, 0.6) is 0 Å². The van der Waals surface area contributed by atoms with E-state index in [0.29, 0.717) is 0 Å². The highest BCUT2D eigenvalue weighted by Gasteiger charge is 2.21. The number of rotatable bonds is 5. The number of piperidine rings is 1. The Balaban J connectivity index is 2.27. The molecule has 4 nitrogen and oxygen atoms in total. The van der Waals surface area contributed by atoms with Crippen molar-refractivity contribution in [3.05, 3.63) is 0 Å². The van der Waals surface area contributed by atoms with Crippen LogP contribution in [0.1, 0.15) is 40.0 Å². The number of hydrogen-bond acceptors (Lipinski definition) is 3.